The number of hydrogen-bond acceptors (Lipinski definition) is 4. The first-order valence-corrected chi connectivity index (χ1v) is 7.56. The van der Waals surface area contributed by atoms with Crippen LogP contribution in [0.15, 0.2) is 6.20 Å². The van der Waals surface area contributed by atoms with Gasteiger partial charge in [0.25, 0.3) is 5.91 Å². The van der Waals surface area contributed by atoms with E-state index in [1.54, 1.807) is 6.20 Å². The molecule has 0 spiro atoms. The van der Waals surface area contributed by atoms with Crippen LogP contribution in [0, 0.1) is 12.8 Å². The lowest BCUT2D eigenvalue weighted by molar-refractivity contribution is 0.0950. The van der Waals surface area contributed by atoms with E-state index in [0.29, 0.717) is 17.4 Å². The Hall–Kier alpha value is -1.49. The van der Waals surface area contributed by atoms with Crippen LogP contribution in [0.3, 0.4) is 0 Å². The number of nitrogens with zero attached hydrogens (tertiary/aromatic N) is 2. The molecule has 0 radical (unpaired) electrons. The average molecular weight is 274 g/mol. The maximum absolute atomic E-state index is 12.1. The topological polar surface area (TPSA) is 66.9 Å². The van der Waals surface area contributed by atoms with E-state index in [-0.39, 0.29) is 5.91 Å². The quantitative estimate of drug-likeness (QED) is 0.871. The predicted molar refractivity (Wildman–Crippen MR) is 76.7 cm³/mol. The molecule has 108 valence electrons. The SMILES string of the molecule is Cc1nc(C2CCCNC2)ncc1C(=O)NCC1CC1. The van der Waals surface area contributed by atoms with Crippen molar-refractivity contribution in [3.8, 4) is 0 Å². The van der Waals surface area contributed by atoms with Crippen molar-refractivity contribution in [2.45, 2.75) is 38.5 Å². The van der Waals surface area contributed by atoms with Crippen molar-refractivity contribution in [3.05, 3.63) is 23.3 Å². The van der Waals surface area contributed by atoms with E-state index >= 15 is 0 Å². The summed E-state index contributed by atoms with van der Waals surface area (Å²) in [6.45, 7) is 4.70. The highest BCUT2D eigenvalue weighted by Gasteiger charge is 2.23. The van der Waals surface area contributed by atoms with Gasteiger partial charge in [-0.15, -0.1) is 0 Å². The molecule has 3 rings (SSSR count). The van der Waals surface area contributed by atoms with Gasteiger partial charge in [0.05, 0.1) is 11.3 Å². The third-order valence-corrected chi connectivity index (χ3v) is 4.15. The van der Waals surface area contributed by atoms with Crippen LogP contribution in [0.5, 0.6) is 0 Å². The lowest BCUT2D eigenvalue weighted by Gasteiger charge is -2.21. The van der Waals surface area contributed by atoms with E-state index < -0.39 is 0 Å². The molecule has 1 aromatic rings. The number of aromatic nitrogens is 2. The van der Waals surface area contributed by atoms with Crippen LogP contribution >= 0.6 is 0 Å². The van der Waals surface area contributed by atoms with Gasteiger partial charge in [-0.3, -0.25) is 4.79 Å². The number of rotatable bonds is 4. The first-order valence-electron chi connectivity index (χ1n) is 7.56. The van der Waals surface area contributed by atoms with Gasteiger partial charge < -0.3 is 10.6 Å². The van der Waals surface area contributed by atoms with Crippen molar-refractivity contribution in [1.29, 1.82) is 0 Å². The molecule has 5 heteroatoms. The minimum Gasteiger partial charge on any atom is -0.352 e. The standard InChI is InChI=1S/C15H22N4O/c1-10-13(15(20)18-7-11-4-5-11)9-17-14(19-10)12-3-2-6-16-8-12/h9,11-12,16H,2-8H2,1H3,(H,18,20). The summed E-state index contributed by atoms with van der Waals surface area (Å²) in [7, 11) is 0. The normalized spacial score (nSPS) is 22.6. The number of aryl methyl sites for hydroxylation is 1. The highest BCUT2D eigenvalue weighted by molar-refractivity contribution is 5.94. The van der Waals surface area contributed by atoms with Crippen LogP contribution in [0.25, 0.3) is 0 Å². The van der Waals surface area contributed by atoms with Crippen molar-refractivity contribution in [1.82, 2.24) is 20.6 Å². The maximum Gasteiger partial charge on any atom is 0.254 e. The van der Waals surface area contributed by atoms with Crippen molar-refractivity contribution < 1.29 is 4.79 Å². The average Bonchev–Trinajstić information content (AvgIpc) is 3.30. The molecule has 20 heavy (non-hydrogen) atoms. The van der Waals surface area contributed by atoms with E-state index in [9.17, 15) is 4.79 Å². The van der Waals surface area contributed by atoms with Crippen molar-refractivity contribution in [3.63, 3.8) is 0 Å². The lowest BCUT2D eigenvalue weighted by Crippen LogP contribution is -2.30. The Balaban J connectivity index is 1.67. The third-order valence-electron chi connectivity index (χ3n) is 4.15. The number of hydrogen-bond donors (Lipinski definition) is 2. The van der Waals surface area contributed by atoms with Gasteiger partial charge >= 0.3 is 0 Å². The summed E-state index contributed by atoms with van der Waals surface area (Å²) in [6.07, 6.45) is 6.46. The summed E-state index contributed by atoms with van der Waals surface area (Å²) in [5.41, 5.74) is 1.40. The fourth-order valence-electron chi connectivity index (χ4n) is 2.63. The van der Waals surface area contributed by atoms with E-state index in [4.69, 9.17) is 0 Å². The van der Waals surface area contributed by atoms with Gasteiger partial charge in [-0.05, 0) is 45.1 Å². The summed E-state index contributed by atoms with van der Waals surface area (Å²) < 4.78 is 0. The van der Waals surface area contributed by atoms with Gasteiger partial charge in [-0.1, -0.05) is 0 Å². The molecule has 1 aliphatic carbocycles. The second kappa shape index (κ2) is 5.87. The molecule has 1 saturated carbocycles. The van der Waals surface area contributed by atoms with Crippen molar-refractivity contribution >= 4 is 5.91 Å². The molecule has 2 N–H and O–H groups in total. The molecule has 1 unspecified atom stereocenters. The Morgan fingerprint density at radius 2 is 2.30 bits per heavy atom. The lowest BCUT2D eigenvalue weighted by atomic mass is 9.98. The molecule has 1 aliphatic heterocycles. The summed E-state index contributed by atoms with van der Waals surface area (Å²) in [4.78, 5) is 21.0. The summed E-state index contributed by atoms with van der Waals surface area (Å²) in [5.74, 6) is 1.90. The molecule has 5 nitrogen and oxygen atoms in total. The Bertz CT molecular complexity index is 493. The zero-order chi connectivity index (χ0) is 13.9. The van der Waals surface area contributed by atoms with Gasteiger partial charge in [-0.2, -0.15) is 0 Å². The number of nitrogens with one attached hydrogen (secondary N) is 2. The van der Waals surface area contributed by atoms with E-state index in [2.05, 4.69) is 20.6 Å². The summed E-state index contributed by atoms with van der Waals surface area (Å²) in [6, 6.07) is 0. The van der Waals surface area contributed by atoms with Crippen LogP contribution in [0.1, 0.15) is 53.5 Å². The van der Waals surface area contributed by atoms with Crippen LogP contribution in [0.4, 0.5) is 0 Å². The molecule has 2 fully saturated rings. The zero-order valence-electron chi connectivity index (χ0n) is 12.0. The summed E-state index contributed by atoms with van der Waals surface area (Å²) >= 11 is 0. The number of piperidine rings is 1. The van der Waals surface area contributed by atoms with E-state index in [0.717, 1.165) is 44.0 Å². The van der Waals surface area contributed by atoms with E-state index in [1.165, 1.54) is 12.8 Å². The molecule has 1 amide bonds. The van der Waals surface area contributed by atoms with Gasteiger partial charge in [0, 0.05) is 25.2 Å². The molecule has 1 atom stereocenters. The number of carbonyl (C=O) groups excluding carboxylic acids is 1. The van der Waals surface area contributed by atoms with Crippen molar-refractivity contribution in [2.24, 2.45) is 5.92 Å². The molecule has 0 aromatic carbocycles. The monoisotopic (exact) mass is 274 g/mol. The zero-order valence-corrected chi connectivity index (χ0v) is 12.0. The number of amides is 1. The predicted octanol–water partition coefficient (Wildman–Crippen LogP) is 1.39. The van der Waals surface area contributed by atoms with Gasteiger partial charge in [0.1, 0.15) is 5.82 Å². The first kappa shape index (κ1) is 13.5. The fraction of sp³-hybridized carbons (Fsp3) is 0.667. The van der Waals surface area contributed by atoms with Crippen LogP contribution in [-0.4, -0.2) is 35.5 Å². The minimum absolute atomic E-state index is 0.0391. The maximum atomic E-state index is 12.1. The second-order valence-electron chi connectivity index (χ2n) is 5.92. The molecular formula is C15H22N4O. The van der Waals surface area contributed by atoms with Crippen molar-refractivity contribution in [2.75, 3.05) is 19.6 Å². The minimum atomic E-state index is -0.0391. The van der Waals surface area contributed by atoms with Crippen LogP contribution < -0.4 is 10.6 Å². The highest BCUT2D eigenvalue weighted by Crippen LogP contribution is 2.27. The van der Waals surface area contributed by atoms with E-state index in [1.807, 2.05) is 6.92 Å². The molecule has 2 heterocycles. The van der Waals surface area contributed by atoms with Crippen LogP contribution in [0.2, 0.25) is 0 Å². The molecular weight excluding hydrogens is 252 g/mol. The second-order valence-corrected chi connectivity index (χ2v) is 5.92. The Kier molecular flexibility index (Phi) is 3.96. The van der Waals surface area contributed by atoms with Gasteiger partial charge in [0.2, 0.25) is 0 Å². The van der Waals surface area contributed by atoms with Gasteiger partial charge in [0.15, 0.2) is 0 Å². The molecule has 1 aromatic heterocycles. The molecule has 1 saturated heterocycles. The Morgan fingerprint density at radius 3 is 2.95 bits per heavy atom. The molecule has 2 aliphatic rings. The smallest absolute Gasteiger partial charge is 0.254 e. The fourth-order valence-corrected chi connectivity index (χ4v) is 2.63. The summed E-state index contributed by atoms with van der Waals surface area (Å²) in [5, 5.41) is 6.34. The first-order chi connectivity index (χ1) is 9.74. The Morgan fingerprint density at radius 1 is 1.45 bits per heavy atom. The van der Waals surface area contributed by atoms with Gasteiger partial charge in [-0.25, -0.2) is 9.97 Å². The Labute approximate surface area is 119 Å². The van der Waals surface area contributed by atoms with Crippen LogP contribution in [-0.2, 0) is 0 Å². The molecule has 0 bridgehead atoms. The number of carbonyl (C=O) groups is 1. The highest BCUT2D eigenvalue weighted by atomic mass is 16.1. The third kappa shape index (κ3) is 3.15. The largest absolute Gasteiger partial charge is 0.352 e.